The molecular formula is C20H23N5O. The number of H-pyrrole nitrogens is 1. The van der Waals surface area contributed by atoms with Gasteiger partial charge in [-0.1, -0.05) is 12.1 Å². The van der Waals surface area contributed by atoms with Crippen LogP contribution >= 0.6 is 0 Å². The Hall–Kier alpha value is -2.44. The van der Waals surface area contributed by atoms with Crippen molar-refractivity contribution in [1.82, 2.24) is 25.4 Å². The van der Waals surface area contributed by atoms with E-state index in [9.17, 15) is 5.11 Å². The average molecular weight is 349 g/mol. The molecule has 3 aromatic rings. The molecule has 0 saturated carbocycles. The van der Waals surface area contributed by atoms with Crippen LogP contribution in [-0.4, -0.2) is 50.9 Å². The Morgan fingerprint density at radius 3 is 2.92 bits per heavy atom. The van der Waals surface area contributed by atoms with Crippen molar-refractivity contribution in [2.45, 2.75) is 31.8 Å². The first-order valence-corrected chi connectivity index (χ1v) is 9.35. The first-order valence-electron chi connectivity index (χ1n) is 9.35. The van der Waals surface area contributed by atoms with Gasteiger partial charge >= 0.3 is 0 Å². The Bertz CT molecular complexity index is 960. The van der Waals surface area contributed by atoms with E-state index in [2.05, 4.69) is 38.4 Å². The number of hydrogen-bond acceptors (Lipinski definition) is 5. The molecule has 1 aromatic carbocycles. The summed E-state index contributed by atoms with van der Waals surface area (Å²) in [6, 6.07) is 10.3. The van der Waals surface area contributed by atoms with Crippen molar-refractivity contribution in [2.75, 3.05) is 19.6 Å². The number of fused-ring (bicyclic) bond motifs is 3. The van der Waals surface area contributed by atoms with E-state index in [-0.39, 0.29) is 5.75 Å². The molecule has 3 N–H and O–H groups in total. The molecule has 2 aliphatic heterocycles. The number of nitrogens with zero attached hydrogens (tertiary/aromatic N) is 3. The zero-order valence-electron chi connectivity index (χ0n) is 14.9. The number of phenols is 1. The standard InChI is InChI=1S/C20H23N5O/c1-12-19-15-10-17(14-4-2-3-5-18(14)26)23-24-20(15)22-16(19)7-9-25(12)13-6-8-21-11-13/h2-5,10,12-13,21,26H,6-9,11H2,1H3,(H,22,24)/t12-,13?/m1/s1. The van der Waals surface area contributed by atoms with Crippen LogP contribution in [0.5, 0.6) is 5.75 Å². The van der Waals surface area contributed by atoms with Crippen molar-refractivity contribution < 1.29 is 5.11 Å². The van der Waals surface area contributed by atoms with Gasteiger partial charge in [-0.3, -0.25) is 4.90 Å². The van der Waals surface area contributed by atoms with E-state index in [0.29, 0.717) is 17.8 Å². The highest BCUT2D eigenvalue weighted by Crippen LogP contribution is 2.38. The van der Waals surface area contributed by atoms with Gasteiger partial charge < -0.3 is 15.4 Å². The molecule has 2 aromatic heterocycles. The predicted molar refractivity (Wildman–Crippen MR) is 101 cm³/mol. The first kappa shape index (κ1) is 15.8. The van der Waals surface area contributed by atoms with Gasteiger partial charge in [-0.2, -0.15) is 0 Å². The Morgan fingerprint density at radius 2 is 2.12 bits per heavy atom. The molecule has 5 rings (SSSR count). The maximum atomic E-state index is 10.2. The maximum Gasteiger partial charge on any atom is 0.160 e. The highest BCUT2D eigenvalue weighted by Gasteiger charge is 2.33. The fourth-order valence-electron chi connectivity index (χ4n) is 4.58. The monoisotopic (exact) mass is 349 g/mol. The third kappa shape index (κ3) is 2.40. The summed E-state index contributed by atoms with van der Waals surface area (Å²) < 4.78 is 0. The zero-order valence-corrected chi connectivity index (χ0v) is 14.9. The van der Waals surface area contributed by atoms with Crippen LogP contribution in [0.1, 0.15) is 30.6 Å². The maximum absolute atomic E-state index is 10.2. The van der Waals surface area contributed by atoms with Gasteiger partial charge in [0.15, 0.2) is 5.65 Å². The molecule has 26 heavy (non-hydrogen) atoms. The molecular weight excluding hydrogens is 326 g/mol. The number of aromatic amines is 1. The number of para-hydroxylation sites is 1. The van der Waals surface area contributed by atoms with Crippen molar-refractivity contribution in [2.24, 2.45) is 0 Å². The molecule has 0 radical (unpaired) electrons. The van der Waals surface area contributed by atoms with Crippen LogP contribution in [-0.2, 0) is 6.42 Å². The van der Waals surface area contributed by atoms with Crippen LogP contribution < -0.4 is 5.32 Å². The lowest BCUT2D eigenvalue weighted by atomic mass is 9.95. The van der Waals surface area contributed by atoms with E-state index >= 15 is 0 Å². The fraction of sp³-hybridized carbons (Fsp3) is 0.400. The molecule has 1 fully saturated rings. The number of hydrogen-bond donors (Lipinski definition) is 3. The summed E-state index contributed by atoms with van der Waals surface area (Å²) in [5.41, 5.74) is 4.89. The molecule has 4 heterocycles. The van der Waals surface area contributed by atoms with Crippen molar-refractivity contribution in [3.63, 3.8) is 0 Å². The Morgan fingerprint density at radius 1 is 1.23 bits per heavy atom. The Labute approximate surface area is 152 Å². The van der Waals surface area contributed by atoms with Crippen LogP contribution in [0.25, 0.3) is 22.3 Å². The smallest absolute Gasteiger partial charge is 0.160 e. The predicted octanol–water partition coefficient (Wildman–Crippen LogP) is 2.61. The lowest BCUT2D eigenvalue weighted by Crippen LogP contribution is -2.42. The number of aromatic nitrogens is 3. The second kappa shape index (κ2) is 6.07. The third-order valence-corrected chi connectivity index (χ3v) is 5.90. The minimum atomic E-state index is 0.234. The number of nitrogens with one attached hydrogen (secondary N) is 2. The van der Waals surface area contributed by atoms with Crippen LogP contribution in [0.3, 0.4) is 0 Å². The molecule has 0 spiro atoms. The number of aromatic hydroxyl groups is 1. The summed E-state index contributed by atoms with van der Waals surface area (Å²) >= 11 is 0. The number of benzene rings is 1. The summed E-state index contributed by atoms with van der Waals surface area (Å²) in [5, 5.41) is 23.5. The summed E-state index contributed by atoms with van der Waals surface area (Å²) in [5.74, 6) is 0.234. The molecule has 1 unspecified atom stereocenters. The van der Waals surface area contributed by atoms with E-state index in [0.717, 1.165) is 42.7 Å². The highest BCUT2D eigenvalue weighted by molar-refractivity contribution is 5.86. The lowest BCUT2D eigenvalue weighted by Gasteiger charge is -2.38. The summed E-state index contributed by atoms with van der Waals surface area (Å²) in [4.78, 5) is 6.09. The molecule has 0 bridgehead atoms. The quantitative estimate of drug-likeness (QED) is 0.663. The minimum absolute atomic E-state index is 0.234. The van der Waals surface area contributed by atoms with Gasteiger partial charge in [-0.05, 0) is 43.7 Å². The molecule has 6 heteroatoms. The van der Waals surface area contributed by atoms with E-state index in [4.69, 9.17) is 0 Å². The van der Waals surface area contributed by atoms with Gasteiger partial charge in [-0.15, -0.1) is 10.2 Å². The summed E-state index contributed by atoms with van der Waals surface area (Å²) in [6.45, 7) is 5.55. The van der Waals surface area contributed by atoms with Crippen LogP contribution in [0.2, 0.25) is 0 Å². The SMILES string of the molecule is C[C@@H]1c2c([nH]c3nnc(-c4ccccc4O)cc23)CCN1C1CCNC1. The van der Waals surface area contributed by atoms with E-state index in [1.165, 1.54) is 17.7 Å². The van der Waals surface area contributed by atoms with E-state index < -0.39 is 0 Å². The topological polar surface area (TPSA) is 77.1 Å². The van der Waals surface area contributed by atoms with Gasteiger partial charge in [-0.25, -0.2) is 0 Å². The third-order valence-electron chi connectivity index (χ3n) is 5.90. The van der Waals surface area contributed by atoms with Gasteiger partial charge in [0.05, 0.1) is 5.69 Å². The molecule has 2 aliphatic rings. The normalized spacial score (nSPS) is 23.4. The summed E-state index contributed by atoms with van der Waals surface area (Å²) in [6.07, 6.45) is 2.23. The van der Waals surface area contributed by atoms with Crippen molar-refractivity contribution in [3.05, 3.63) is 41.6 Å². The largest absolute Gasteiger partial charge is 0.507 e. The molecule has 0 aliphatic carbocycles. The van der Waals surface area contributed by atoms with Gasteiger partial charge in [0, 0.05) is 48.2 Å². The van der Waals surface area contributed by atoms with Gasteiger partial charge in [0.2, 0.25) is 0 Å². The number of rotatable bonds is 2. The van der Waals surface area contributed by atoms with Gasteiger partial charge in [0.25, 0.3) is 0 Å². The molecule has 1 saturated heterocycles. The van der Waals surface area contributed by atoms with E-state index in [1.807, 2.05) is 18.2 Å². The van der Waals surface area contributed by atoms with Crippen LogP contribution in [0.15, 0.2) is 30.3 Å². The zero-order chi connectivity index (χ0) is 17.7. The molecule has 2 atom stereocenters. The second-order valence-electron chi connectivity index (χ2n) is 7.34. The first-order chi connectivity index (χ1) is 12.7. The minimum Gasteiger partial charge on any atom is -0.507 e. The van der Waals surface area contributed by atoms with Crippen LogP contribution in [0.4, 0.5) is 0 Å². The van der Waals surface area contributed by atoms with Crippen molar-refractivity contribution >= 4 is 11.0 Å². The summed E-state index contributed by atoms with van der Waals surface area (Å²) in [7, 11) is 0. The molecule has 6 nitrogen and oxygen atoms in total. The lowest BCUT2D eigenvalue weighted by molar-refractivity contribution is 0.144. The highest BCUT2D eigenvalue weighted by atomic mass is 16.3. The van der Waals surface area contributed by atoms with Crippen molar-refractivity contribution in [1.29, 1.82) is 0 Å². The van der Waals surface area contributed by atoms with Crippen LogP contribution in [0, 0.1) is 0 Å². The van der Waals surface area contributed by atoms with Gasteiger partial charge in [0.1, 0.15) is 5.75 Å². The Balaban J connectivity index is 1.60. The van der Waals surface area contributed by atoms with Crippen molar-refractivity contribution in [3.8, 4) is 17.0 Å². The average Bonchev–Trinajstić information content (AvgIpc) is 3.29. The fourth-order valence-corrected chi connectivity index (χ4v) is 4.58. The number of phenolic OH excluding ortho intramolecular Hbond substituents is 1. The van der Waals surface area contributed by atoms with E-state index in [1.54, 1.807) is 6.07 Å². The molecule has 0 amide bonds. The molecule has 134 valence electrons. The second-order valence-corrected chi connectivity index (χ2v) is 7.34. The Kier molecular flexibility index (Phi) is 3.69.